The topological polar surface area (TPSA) is 89.7 Å². The van der Waals surface area contributed by atoms with Crippen LogP contribution in [0.25, 0.3) is 6.08 Å². The van der Waals surface area contributed by atoms with Crippen LogP contribution in [-0.2, 0) is 4.79 Å². The van der Waals surface area contributed by atoms with E-state index in [2.05, 4.69) is 0 Å². The molecule has 1 N–H and O–H groups in total. The Kier molecular flexibility index (Phi) is 4.30. The Labute approximate surface area is 120 Å². The number of aliphatic carboxylic acids is 1. The van der Waals surface area contributed by atoms with E-state index in [-0.39, 0.29) is 11.3 Å². The van der Waals surface area contributed by atoms with Gasteiger partial charge in [-0.15, -0.1) is 0 Å². The van der Waals surface area contributed by atoms with Crippen LogP contribution in [0.5, 0.6) is 11.5 Å². The number of rotatable bonds is 5. The second-order valence-electron chi connectivity index (χ2n) is 4.06. The van der Waals surface area contributed by atoms with Crippen molar-refractivity contribution in [3.63, 3.8) is 0 Å². The van der Waals surface area contributed by atoms with E-state index in [1.807, 2.05) is 6.07 Å². The number of nitro benzene ring substituents is 1. The monoisotopic (exact) mass is 285 g/mol. The highest BCUT2D eigenvalue weighted by Crippen LogP contribution is 2.28. The third-order valence-corrected chi connectivity index (χ3v) is 2.58. The Bertz CT molecular complexity index is 694. The van der Waals surface area contributed by atoms with Gasteiger partial charge in [0.2, 0.25) is 0 Å². The van der Waals surface area contributed by atoms with Crippen molar-refractivity contribution < 1.29 is 19.6 Å². The molecule has 0 aliphatic rings. The number of hydrogen-bond donors (Lipinski definition) is 1. The second kappa shape index (κ2) is 6.33. The van der Waals surface area contributed by atoms with Crippen LogP contribution in [0.15, 0.2) is 54.6 Å². The molecule has 6 nitrogen and oxygen atoms in total. The van der Waals surface area contributed by atoms with Crippen LogP contribution < -0.4 is 4.74 Å². The Morgan fingerprint density at radius 1 is 1.14 bits per heavy atom. The number of nitrogens with zero attached hydrogens (tertiary/aromatic N) is 1. The Morgan fingerprint density at radius 2 is 1.86 bits per heavy atom. The zero-order valence-corrected chi connectivity index (χ0v) is 10.8. The zero-order chi connectivity index (χ0) is 15.2. The summed E-state index contributed by atoms with van der Waals surface area (Å²) in [6.07, 6.45) is 2.01. The summed E-state index contributed by atoms with van der Waals surface area (Å²) in [6, 6.07) is 13.1. The summed E-state index contributed by atoms with van der Waals surface area (Å²) in [5.74, 6) is -0.213. The van der Waals surface area contributed by atoms with Crippen LogP contribution in [0.3, 0.4) is 0 Å². The van der Waals surface area contributed by atoms with Crippen molar-refractivity contribution in [1.29, 1.82) is 0 Å². The Morgan fingerprint density at radius 3 is 2.48 bits per heavy atom. The first-order chi connectivity index (χ1) is 10.1. The number of nitro groups is 1. The Balaban J connectivity index is 2.34. The number of benzene rings is 2. The summed E-state index contributed by atoms with van der Waals surface area (Å²) in [5, 5.41) is 19.5. The van der Waals surface area contributed by atoms with E-state index in [1.165, 1.54) is 18.2 Å². The number of carbonyl (C=O) groups is 1. The molecular formula is C15H11NO5. The van der Waals surface area contributed by atoms with Crippen molar-refractivity contribution >= 4 is 17.7 Å². The fourth-order valence-corrected chi connectivity index (χ4v) is 1.68. The third kappa shape index (κ3) is 3.90. The third-order valence-electron chi connectivity index (χ3n) is 2.58. The van der Waals surface area contributed by atoms with Gasteiger partial charge in [-0.2, -0.15) is 0 Å². The van der Waals surface area contributed by atoms with Crippen LogP contribution in [0.4, 0.5) is 5.69 Å². The SMILES string of the molecule is O=C(O)/C=C/c1cc(Oc2ccccc2)ccc1[N+](=O)[O-]. The van der Waals surface area contributed by atoms with Crippen molar-refractivity contribution in [1.82, 2.24) is 0 Å². The van der Waals surface area contributed by atoms with E-state index in [0.717, 1.165) is 12.2 Å². The van der Waals surface area contributed by atoms with Crippen LogP contribution in [0.2, 0.25) is 0 Å². The molecule has 0 radical (unpaired) electrons. The molecule has 0 aliphatic heterocycles. The molecule has 2 aromatic rings. The molecule has 21 heavy (non-hydrogen) atoms. The van der Waals surface area contributed by atoms with Gasteiger partial charge in [0.05, 0.1) is 10.5 Å². The fraction of sp³-hybridized carbons (Fsp3) is 0. The molecule has 0 atom stereocenters. The minimum Gasteiger partial charge on any atom is -0.478 e. The Hall–Kier alpha value is -3.15. The number of carboxylic acid groups (broad SMARTS) is 1. The second-order valence-corrected chi connectivity index (χ2v) is 4.06. The molecular weight excluding hydrogens is 274 g/mol. The molecule has 0 unspecified atom stereocenters. The van der Waals surface area contributed by atoms with Gasteiger partial charge >= 0.3 is 5.97 Å². The van der Waals surface area contributed by atoms with E-state index in [1.54, 1.807) is 24.3 Å². The van der Waals surface area contributed by atoms with Gasteiger partial charge in [-0.05, 0) is 30.3 Å². The quantitative estimate of drug-likeness (QED) is 0.516. The molecule has 6 heteroatoms. The lowest BCUT2D eigenvalue weighted by molar-refractivity contribution is -0.385. The first kappa shape index (κ1) is 14.3. The predicted molar refractivity (Wildman–Crippen MR) is 76.3 cm³/mol. The smallest absolute Gasteiger partial charge is 0.328 e. The molecule has 106 valence electrons. The van der Waals surface area contributed by atoms with Gasteiger partial charge in [0.25, 0.3) is 5.69 Å². The average molecular weight is 285 g/mol. The number of carboxylic acids is 1. The van der Waals surface area contributed by atoms with Gasteiger partial charge in [0, 0.05) is 12.1 Å². The number of para-hydroxylation sites is 1. The number of hydrogen-bond acceptors (Lipinski definition) is 4. The molecule has 2 rings (SSSR count). The molecule has 0 saturated carbocycles. The largest absolute Gasteiger partial charge is 0.478 e. The lowest BCUT2D eigenvalue weighted by atomic mass is 10.1. The summed E-state index contributed by atoms with van der Waals surface area (Å²) in [7, 11) is 0. The molecule has 0 aromatic heterocycles. The normalized spacial score (nSPS) is 10.5. The van der Waals surface area contributed by atoms with Gasteiger partial charge in [-0.25, -0.2) is 4.79 Å². The lowest BCUT2D eigenvalue weighted by Crippen LogP contribution is -1.94. The lowest BCUT2D eigenvalue weighted by Gasteiger charge is -2.06. The van der Waals surface area contributed by atoms with Crippen molar-refractivity contribution in [2.75, 3.05) is 0 Å². The maximum Gasteiger partial charge on any atom is 0.328 e. The molecule has 0 aliphatic carbocycles. The van der Waals surface area contributed by atoms with Crippen LogP contribution >= 0.6 is 0 Å². The van der Waals surface area contributed by atoms with E-state index < -0.39 is 10.9 Å². The summed E-state index contributed by atoms with van der Waals surface area (Å²) in [4.78, 5) is 20.9. The van der Waals surface area contributed by atoms with Crippen molar-refractivity contribution in [3.8, 4) is 11.5 Å². The summed E-state index contributed by atoms with van der Waals surface area (Å²) >= 11 is 0. The summed E-state index contributed by atoms with van der Waals surface area (Å²) in [5.41, 5.74) is -0.0243. The number of ether oxygens (including phenoxy) is 1. The standard InChI is InChI=1S/C15H11NO5/c17-15(18)9-6-11-10-13(7-8-14(11)16(19)20)21-12-4-2-1-3-5-12/h1-10H,(H,17,18)/b9-6+. The van der Waals surface area contributed by atoms with Crippen molar-refractivity contribution in [2.45, 2.75) is 0 Å². The minimum atomic E-state index is -1.18. The van der Waals surface area contributed by atoms with Gasteiger partial charge in [0.15, 0.2) is 0 Å². The molecule has 2 aromatic carbocycles. The summed E-state index contributed by atoms with van der Waals surface area (Å²) in [6.45, 7) is 0. The van der Waals surface area contributed by atoms with Crippen LogP contribution in [0.1, 0.15) is 5.56 Å². The highest BCUT2D eigenvalue weighted by Gasteiger charge is 2.13. The first-order valence-corrected chi connectivity index (χ1v) is 5.98. The highest BCUT2D eigenvalue weighted by molar-refractivity contribution is 5.86. The maximum atomic E-state index is 10.9. The molecule has 0 amide bonds. The van der Waals surface area contributed by atoms with Gasteiger partial charge < -0.3 is 9.84 Å². The van der Waals surface area contributed by atoms with Gasteiger partial charge in [-0.1, -0.05) is 18.2 Å². The predicted octanol–water partition coefficient (Wildman–Crippen LogP) is 3.48. The molecule has 0 saturated heterocycles. The van der Waals surface area contributed by atoms with Gasteiger partial charge in [-0.3, -0.25) is 10.1 Å². The van der Waals surface area contributed by atoms with E-state index >= 15 is 0 Å². The zero-order valence-electron chi connectivity index (χ0n) is 10.8. The van der Waals surface area contributed by atoms with E-state index in [4.69, 9.17) is 9.84 Å². The molecule has 0 spiro atoms. The maximum absolute atomic E-state index is 10.9. The van der Waals surface area contributed by atoms with Crippen LogP contribution in [-0.4, -0.2) is 16.0 Å². The van der Waals surface area contributed by atoms with E-state index in [9.17, 15) is 14.9 Å². The van der Waals surface area contributed by atoms with E-state index in [0.29, 0.717) is 11.5 Å². The summed E-state index contributed by atoms with van der Waals surface area (Å²) < 4.78 is 5.56. The molecule has 0 fully saturated rings. The van der Waals surface area contributed by atoms with Crippen molar-refractivity contribution in [2.24, 2.45) is 0 Å². The first-order valence-electron chi connectivity index (χ1n) is 5.98. The average Bonchev–Trinajstić information content (AvgIpc) is 2.46. The fourth-order valence-electron chi connectivity index (χ4n) is 1.68. The minimum absolute atomic E-state index is 0.163. The van der Waals surface area contributed by atoms with Gasteiger partial charge in [0.1, 0.15) is 11.5 Å². The highest BCUT2D eigenvalue weighted by atomic mass is 16.6. The van der Waals surface area contributed by atoms with Crippen molar-refractivity contribution in [3.05, 3.63) is 70.3 Å². The molecule has 0 bridgehead atoms. The molecule has 0 heterocycles. The van der Waals surface area contributed by atoms with Crippen LogP contribution in [0, 0.1) is 10.1 Å².